The molecule has 0 aliphatic rings. The Kier molecular flexibility index (Phi) is 6.27. The van der Waals surface area contributed by atoms with Crippen molar-refractivity contribution < 1.29 is 41.0 Å². The highest BCUT2D eigenvalue weighted by atomic mass is 79.9. The van der Waals surface area contributed by atoms with Gasteiger partial charge in [0.25, 0.3) is 5.91 Å². The lowest BCUT2D eigenvalue weighted by Gasteiger charge is -2.15. The van der Waals surface area contributed by atoms with E-state index in [0.717, 1.165) is 24.3 Å². The number of rotatable bonds is 6. The molecule has 31 heavy (non-hydrogen) atoms. The minimum absolute atomic E-state index is 0.00976. The number of aromatic nitrogens is 2. The number of aliphatic hydroxyl groups is 1. The second kappa shape index (κ2) is 8.59. The van der Waals surface area contributed by atoms with Crippen LogP contribution >= 0.6 is 15.9 Å². The number of oxazole rings is 1. The first-order chi connectivity index (χ1) is 14.5. The molecular weight excluding hydrogens is 497 g/mol. The van der Waals surface area contributed by atoms with Gasteiger partial charge in [-0.3, -0.25) is 9.78 Å². The number of benzene rings is 1. The van der Waals surface area contributed by atoms with Crippen LogP contribution in [-0.2, 0) is 6.18 Å². The molecule has 1 unspecified atom stereocenters. The highest BCUT2D eigenvalue weighted by Crippen LogP contribution is 2.34. The standard InChI is InChI=1S/C18H11BrF5N3O4/c19-15-14(9-3-1-7(5-26-9)18(22,23)24)27-17(31-15)11(6-28)30-10-4-2-8(20)12(13(10)21)16(25)29/h1-5,11,28H,6H2,(H2,25,29). The van der Waals surface area contributed by atoms with E-state index in [-0.39, 0.29) is 21.9 Å². The van der Waals surface area contributed by atoms with E-state index in [0.29, 0.717) is 6.20 Å². The van der Waals surface area contributed by atoms with Crippen molar-refractivity contribution >= 4 is 21.8 Å². The van der Waals surface area contributed by atoms with E-state index in [1.165, 1.54) is 0 Å². The van der Waals surface area contributed by atoms with Gasteiger partial charge in [0.1, 0.15) is 17.1 Å². The Hall–Kier alpha value is -3.06. The number of carbonyl (C=O) groups excluding carboxylic acids is 1. The number of primary amides is 1. The van der Waals surface area contributed by atoms with Gasteiger partial charge < -0.3 is 20.0 Å². The zero-order valence-electron chi connectivity index (χ0n) is 15.1. The summed E-state index contributed by atoms with van der Waals surface area (Å²) in [4.78, 5) is 18.9. The van der Waals surface area contributed by atoms with Crippen LogP contribution in [-0.4, -0.2) is 27.6 Å². The Morgan fingerprint density at radius 2 is 1.97 bits per heavy atom. The maximum Gasteiger partial charge on any atom is 0.417 e. The summed E-state index contributed by atoms with van der Waals surface area (Å²) in [7, 11) is 0. The molecule has 1 atom stereocenters. The lowest BCUT2D eigenvalue weighted by atomic mass is 10.1. The molecule has 0 aliphatic heterocycles. The van der Waals surface area contributed by atoms with E-state index in [1.54, 1.807) is 0 Å². The van der Waals surface area contributed by atoms with Gasteiger partial charge in [-0.15, -0.1) is 0 Å². The normalized spacial score (nSPS) is 12.6. The van der Waals surface area contributed by atoms with Gasteiger partial charge in [0.05, 0.1) is 17.9 Å². The van der Waals surface area contributed by atoms with Crippen molar-refractivity contribution in [2.75, 3.05) is 6.61 Å². The molecule has 1 amide bonds. The van der Waals surface area contributed by atoms with Crippen LogP contribution in [0.25, 0.3) is 11.4 Å². The zero-order chi connectivity index (χ0) is 22.9. The summed E-state index contributed by atoms with van der Waals surface area (Å²) in [6.45, 7) is -0.782. The number of alkyl halides is 3. The topological polar surface area (TPSA) is 111 Å². The van der Waals surface area contributed by atoms with Crippen LogP contribution in [0.15, 0.2) is 39.5 Å². The van der Waals surface area contributed by atoms with E-state index < -0.39 is 53.3 Å². The highest BCUT2D eigenvalue weighted by Gasteiger charge is 2.31. The van der Waals surface area contributed by atoms with Crippen LogP contribution in [0.4, 0.5) is 22.0 Å². The summed E-state index contributed by atoms with van der Waals surface area (Å²) in [5, 5.41) is 9.59. The van der Waals surface area contributed by atoms with Crippen molar-refractivity contribution in [2.24, 2.45) is 5.73 Å². The molecule has 7 nitrogen and oxygen atoms in total. The number of hydrogen-bond donors (Lipinski definition) is 2. The third-order valence-corrected chi connectivity index (χ3v) is 4.49. The van der Waals surface area contributed by atoms with Crippen LogP contribution in [0, 0.1) is 11.6 Å². The number of halogens is 6. The Balaban J connectivity index is 1.91. The lowest BCUT2D eigenvalue weighted by Crippen LogP contribution is -2.18. The van der Waals surface area contributed by atoms with Gasteiger partial charge in [-0.25, -0.2) is 13.8 Å². The summed E-state index contributed by atoms with van der Waals surface area (Å²) in [5.41, 5.74) is 2.95. The molecule has 3 rings (SSSR count). The fraction of sp³-hybridized carbons (Fsp3) is 0.167. The molecule has 3 aromatic rings. The number of ether oxygens (including phenoxy) is 1. The average molecular weight is 508 g/mol. The van der Waals surface area contributed by atoms with Crippen LogP contribution in [0.2, 0.25) is 0 Å². The van der Waals surface area contributed by atoms with Crippen molar-refractivity contribution in [2.45, 2.75) is 12.3 Å². The molecule has 0 aliphatic carbocycles. The molecule has 0 bridgehead atoms. The summed E-state index contributed by atoms with van der Waals surface area (Å²) in [6.07, 6.45) is -5.38. The Bertz CT molecular complexity index is 1120. The summed E-state index contributed by atoms with van der Waals surface area (Å²) in [6, 6.07) is 3.47. The van der Waals surface area contributed by atoms with Crippen molar-refractivity contribution in [3.05, 3.63) is 63.8 Å². The maximum atomic E-state index is 14.4. The first kappa shape index (κ1) is 22.6. The van der Waals surface area contributed by atoms with Crippen LogP contribution < -0.4 is 10.5 Å². The smallest absolute Gasteiger partial charge is 0.417 e. The third kappa shape index (κ3) is 4.66. The molecule has 0 saturated carbocycles. The van der Waals surface area contributed by atoms with Gasteiger partial charge in [-0.05, 0) is 40.2 Å². The van der Waals surface area contributed by atoms with Crippen molar-refractivity contribution in [3.63, 3.8) is 0 Å². The molecule has 0 spiro atoms. The Labute approximate surface area is 178 Å². The lowest BCUT2D eigenvalue weighted by molar-refractivity contribution is -0.137. The summed E-state index contributed by atoms with van der Waals surface area (Å²) < 4.78 is 76.6. The van der Waals surface area contributed by atoms with Crippen LogP contribution in [0.3, 0.4) is 0 Å². The first-order valence-corrected chi connectivity index (χ1v) is 9.07. The van der Waals surface area contributed by atoms with E-state index in [2.05, 4.69) is 25.9 Å². The van der Waals surface area contributed by atoms with Crippen LogP contribution in [0.1, 0.15) is 27.9 Å². The van der Waals surface area contributed by atoms with E-state index in [4.69, 9.17) is 14.9 Å². The number of hydrogen-bond acceptors (Lipinski definition) is 6. The highest BCUT2D eigenvalue weighted by molar-refractivity contribution is 9.10. The van der Waals surface area contributed by atoms with E-state index in [9.17, 15) is 31.9 Å². The predicted molar refractivity (Wildman–Crippen MR) is 97.8 cm³/mol. The Morgan fingerprint density at radius 3 is 2.52 bits per heavy atom. The number of pyridine rings is 1. The second-order valence-electron chi connectivity index (χ2n) is 5.99. The molecular formula is C18H11BrF5N3O4. The number of carbonyl (C=O) groups is 1. The minimum Gasteiger partial charge on any atom is -0.475 e. The fourth-order valence-corrected chi connectivity index (χ4v) is 2.94. The van der Waals surface area contributed by atoms with Gasteiger partial charge in [0.15, 0.2) is 22.3 Å². The summed E-state index contributed by atoms with van der Waals surface area (Å²) >= 11 is 3.04. The molecule has 13 heteroatoms. The SMILES string of the molecule is NC(=O)c1c(F)ccc(OC(CO)c2nc(-c3ccc(C(F)(F)F)cn3)c(Br)o2)c1F. The molecule has 3 N–H and O–H groups in total. The molecule has 0 saturated heterocycles. The summed E-state index contributed by atoms with van der Waals surface area (Å²) in [5.74, 6) is -4.86. The van der Waals surface area contributed by atoms with Gasteiger partial charge in [-0.2, -0.15) is 13.2 Å². The molecule has 2 aromatic heterocycles. The van der Waals surface area contributed by atoms with Crippen LogP contribution in [0.5, 0.6) is 5.75 Å². The number of amides is 1. The Morgan fingerprint density at radius 1 is 1.26 bits per heavy atom. The van der Waals surface area contributed by atoms with Crippen molar-refractivity contribution in [3.8, 4) is 17.1 Å². The molecule has 2 heterocycles. The van der Waals surface area contributed by atoms with E-state index in [1.807, 2.05) is 0 Å². The third-order valence-electron chi connectivity index (χ3n) is 3.95. The first-order valence-electron chi connectivity index (χ1n) is 8.28. The van der Waals surface area contributed by atoms with Gasteiger partial charge in [0.2, 0.25) is 5.89 Å². The molecule has 164 valence electrons. The minimum atomic E-state index is -4.57. The zero-order valence-corrected chi connectivity index (χ0v) is 16.7. The van der Waals surface area contributed by atoms with Crippen molar-refractivity contribution in [1.82, 2.24) is 9.97 Å². The molecule has 1 aromatic carbocycles. The average Bonchev–Trinajstić information content (AvgIpc) is 3.08. The largest absolute Gasteiger partial charge is 0.475 e. The molecule has 0 radical (unpaired) electrons. The molecule has 0 fully saturated rings. The second-order valence-corrected chi connectivity index (χ2v) is 6.71. The predicted octanol–water partition coefficient (Wildman–Crippen LogP) is 4.01. The monoisotopic (exact) mass is 507 g/mol. The quantitative estimate of drug-likeness (QED) is 0.487. The fourth-order valence-electron chi connectivity index (χ4n) is 2.48. The van der Waals surface area contributed by atoms with Gasteiger partial charge >= 0.3 is 6.18 Å². The van der Waals surface area contributed by atoms with Gasteiger partial charge in [-0.1, -0.05) is 0 Å². The number of nitrogens with zero attached hydrogens (tertiary/aromatic N) is 2. The van der Waals surface area contributed by atoms with Crippen molar-refractivity contribution in [1.29, 1.82) is 0 Å². The maximum absolute atomic E-state index is 14.4. The number of aliphatic hydroxyl groups excluding tert-OH is 1. The van der Waals surface area contributed by atoms with E-state index >= 15 is 0 Å². The van der Waals surface area contributed by atoms with Gasteiger partial charge in [0, 0.05) is 6.20 Å². The number of nitrogens with two attached hydrogens (primary N) is 1.